The van der Waals surface area contributed by atoms with Gasteiger partial charge in [0.2, 0.25) is 0 Å². The van der Waals surface area contributed by atoms with E-state index < -0.39 is 0 Å². The van der Waals surface area contributed by atoms with Crippen molar-refractivity contribution in [2.75, 3.05) is 20.1 Å². The van der Waals surface area contributed by atoms with E-state index in [2.05, 4.69) is 11.0 Å². The van der Waals surface area contributed by atoms with Gasteiger partial charge in [0.15, 0.2) is 0 Å². The summed E-state index contributed by atoms with van der Waals surface area (Å²) in [6.07, 6.45) is 2.43. The highest BCUT2D eigenvalue weighted by molar-refractivity contribution is 4.81. The van der Waals surface area contributed by atoms with Crippen molar-refractivity contribution in [3.63, 3.8) is 0 Å². The zero-order chi connectivity index (χ0) is 8.97. The van der Waals surface area contributed by atoms with Gasteiger partial charge in [-0.1, -0.05) is 0 Å². The third-order valence-corrected chi connectivity index (χ3v) is 2.39. The molecule has 0 aromatic rings. The highest BCUT2D eigenvalue weighted by atomic mass is 16.3. The van der Waals surface area contributed by atoms with Crippen molar-refractivity contribution in [3.05, 3.63) is 0 Å². The standard InChI is InChI=1S/C9H16N2O/c1-11(4-2-3-10)7-8-5-9(12)6-8/h8-9,12H,2,4-7H2,1H3. The van der Waals surface area contributed by atoms with E-state index in [1.54, 1.807) is 0 Å². The highest BCUT2D eigenvalue weighted by Crippen LogP contribution is 2.27. The third-order valence-electron chi connectivity index (χ3n) is 2.39. The maximum Gasteiger partial charge on any atom is 0.0635 e. The van der Waals surface area contributed by atoms with Crippen LogP contribution in [0.25, 0.3) is 0 Å². The molecule has 1 fully saturated rings. The summed E-state index contributed by atoms with van der Waals surface area (Å²) in [4.78, 5) is 2.17. The minimum absolute atomic E-state index is 0.0561. The van der Waals surface area contributed by atoms with Crippen molar-refractivity contribution < 1.29 is 5.11 Å². The molecule has 3 nitrogen and oxygen atoms in total. The molecular formula is C9H16N2O. The summed E-state index contributed by atoms with van der Waals surface area (Å²) in [7, 11) is 2.03. The second-order valence-electron chi connectivity index (χ2n) is 3.66. The summed E-state index contributed by atoms with van der Waals surface area (Å²) in [5.74, 6) is 0.656. The van der Waals surface area contributed by atoms with Gasteiger partial charge in [-0.25, -0.2) is 0 Å². The lowest BCUT2D eigenvalue weighted by Crippen LogP contribution is -2.37. The maximum atomic E-state index is 9.04. The Labute approximate surface area is 73.6 Å². The summed E-state index contributed by atoms with van der Waals surface area (Å²) in [6.45, 7) is 1.88. The van der Waals surface area contributed by atoms with Gasteiger partial charge in [0.25, 0.3) is 0 Å². The molecule has 0 heterocycles. The van der Waals surface area contributed by atoms with Crippen molar-refractivity contribution in [1.82, 2.24) is 4.90 Å². The SMILES string of the molecule is CN(CCC#N)CC1CC(O)C1. The van der Waals surface area contributed by atoms with Crippen LogP contribution in [0.4, 0.5) is 0 Å². The molecule has 0 unspecified atom stereocenters. The van der Waals surface area contributed by atoms with Gasteiger partial charge in [-0.2, -0.15) is 5.26 Å². The topological polar surface area (TPSA) is 47.3 Å². The van der Waals surface area contributed by atoms with Crippen molar-refractivity contribution >= 4 is 0 Å². The number of hydrogen-bond donors (Lipinski definition) is 1. The minimum atomic E-state index is -0.0561. The Bertz CT molecular complexity index is 170. The first-order chi connectivity index (χ1) is 5.72. The predicted octanol–water partition coefficient (Wildman–Crippen LogP) is 0.603. The largest absolute Gasteiger partial charge is 0.393 e. The second kappa shape index (κ2) is 4.44. The smallest absolute Gasteiger partial charge is 0.0635 e. The Kier molecular flexibility index (Phi) is 3.51. The Morgan fingerprint density at radius 1 is 1.58 bits per heavy atom. The van der Waals surface area contributed by atoms with Gasteiger partial charge in [-0.05, 0) is 25.8 Å². The average molecular weight is 168 g/mol. The van der Waals surface area contributed by atoms with E-state index >= 15 is 0 Å². The lowest BCUT2D eigenvalue weighted by molar-refractivity contribution is 0.0286. The van der Waals surface area contributed by atoms with Crippen LogP contribution in [0.15, 0.2) is 0 Å². The molecule has 68 valence electrons. The summed E-state index contributed by atoms with van der Waals surface area (Å²) in [6, 6.07) is 2.13. The zero-order valence-corrected chi connectivity index (χ0v) is 7.53. The van der Waals surface area contributed by atoms with Gasteiger partial charge < -0.3 is 10.0 Å². The molecule has 3 heteroatoms. The molecule has 0 radical (unpaired) electrons. The number of rotatable bonds is 4. The molecule has 0 atom stereocenters. The van der Waals surface area contributed by atoms with Crippen molar-refractivity contribution in [2.24, 2.45) is 5.92 Å². The monoisotopic (exact) mass is 168 g/mol. The van der Waals surface area contributed by atoms with Gasteiger partial charge in [0, 0.05) is 19.5 Å². The molecule has 0 bridgehead atoms. The summed E-state index contributed by atoms with van der Waals surface area (Å²) < 4.78 is 0. The fourth-order valence-corrected chi connectivity index (χ4v) is 1.62. The lowest BCUT2D eigenvalue weighted by Gasteiger charge is -2.34. The van der Waals surface area contributed by atoms with Crippen LogP contribution in [0, 0.1) is 17.2 Å². The molecule has 0 aromatic heterocycles. The average Bonchev–Trinajstić information content (AvgIpc) is 1.98. The molecule has 0 spiro atoms. The molecule has 1 saturated carbocycles. The number of aliphatic hydroxyl groups is 1. The van der Waals surface area contributed by atoms with Gasteiger partial charge in [-0.3, -0.25) is 0 Å². The molecule has 1 aliphatic carbocycles. The first-order valence-electron chi connectivity index (χ1n) is 4.46. The second-order valence-corrected chi connectivity index (χ2v) is 3.66. The molecule has 12 heavy (non-hydrogen) atoms. The minimum Gasteiger partial charge on any atom is -0.393 e. The molecule has 0 aromatic carbocycles. The van der Waals surface area contributed by atoms with Crippen LogP contribution < -0.4 is 0 Å². The van der Waals surface area contributed by atoms with Gasteiger partial charge in [0.05, 0.1) is 12.2 Å². The Hall–Kier alpha value is -0.590. The van der Waals surface area contributed by atoms with Crippen LogP contribution in [0.1, 0.15) is 19.3 Å². The van der Waals surface area contributed by atoms with Crippen molar-refractivity contribution in [3.8, 4) is 6.07 Å². The lowest BCUT2D eigenvalue weighted by atomic mass is 9.82. The van der Waals surface area contributed by atoms with E-state index in [1.807, 2.05) is 7.05 Å². The van der Waals surface area contributed by atoms with Crippen molar-refractivity contribution in [2.45, 2.75) is 25.4 Å². The number of hydrogen-bond acceptors (Lipinski definition) is 3. The number of aliphatic hydroxyl groups excluding tert-OH is 1. The van der Waals surface area contributed by atoms with Crippen LogP contribution in [-0.4, -0.2) is 36.2 Å². The fourth-order valence-electron chi connectivity index (χ4n) is 1.62. The highest BCUT2D eigenvalue weighted by Gasteiger charge is 2.27. The summed E-state index contributed by atoms with van der Waals surface area (Å²) >= 11 is 0. The van der Waals surface area contributed by atoms with E-state index in [0.29, 0.717) is 12.3 Å². The fraction of sp³-hybridized carbons (Fsp3) is 0.889. The van der Waals surface area contributed by atoms with Crippen LogP contribution in [-0.2, 0) is 0 Å². The molecular weight excluding hydrogens is 152 g/mol. The van der Waals surface area contributed by atoms with Crippen LogP contribution in [0.5, 0.6) is 0 Å². The van der Waals surface area contributed by atoms with Crippen molar-refractivity contribution in [1.29, 1.82) is 5.26 Å². The van der Waals surface area contributed by atoms with E-state index in [1.165, 1.54) is 0 Å². The van der Waals surface area contributed by atoms with Gasteiger partial charge in [-0.15, -0.1) is 0 Å². The summed E-state index contributed by atoms with van der Waals surface area (Å²) in [5, 5.41) is 17.4. The normalized spacial score (nSPS) is 28.2. The Morgan fingerprint density at radius 2 is 2.25 bits per heavy atom. The zero-order valence-electron chi connectivity index (χ0n) is 7.53. The van der Waals surface area contributed by atoms with Crippen LogP contribution in [0.3, 0.4) is 0 Å². The maximum absolute atomic E-state index is 9.04. The first kappa shape index (κ1) is 9.50. The molecule has 0 amide bonds. The van der Waals surface area contributed by atoms with Gasteiger partial charge >= 0.3 is 0 Å². The molecule has 1 N–H and O–H groups in total. The number of nitriles is 1. The molecule has 1 aliphatic rings. The van der Waals surface area contributed by atoms with E-state index in [4.69, 9.17) is 10.4 Å². The van der Waals surface area contributed by atoms with Gasteiger partial charge in [0.1, 0.15) is 0 Å². The molecule has 0 aliphatic heterocycles. The first-order valence-corrected chi connectivity index (χ1v) is 4.46. The Morgan fingerprint density at radius 3 is 2.75 bits per heavy atom. The van der Waals surface area contributed by atoms with E-state index in [0.717, 1.165) is 25.9 Å². The third kappa shape index (κ3) is 2.80. The Balaban J connectivity index is 2.03. The quantitative estimate of drug-likeness (QED) is 0.668. The molecule has 0 saturated heterocycles. The van der Waals surface area contributed by atoms with E-state index in [9.17, 15) is 0 Å². The van der Waals surface area contributed by atoms with Crippen LogP contribution in [0.2, 0.25) is 0 Å². The molecule has 1 rings (SSSR count). The summed E-state index contributed by atoms with van der Waals surface area (Å²) in [5.41, 5.74) is 0. The number of nitrogens with zero attached hydrogens (tertiary/aromatic N) is 2. The predicted molar refractivity (Wildman–Crippen MR) is 46.5 cm³/mol. The van der Waals surface area contributed by atoms with Crippen LogP contribution >= 0.6 is 0 Å². The van der Waals surface area contributed by atoms with E-state index in [-0.39, 0.29) is 6.10 Å².